The average molecular weight is 278 g/mol. The van der Waals surface area contributed by atoms with Crippen LogP contribution in [0.4, 0.5) is 0 Å². The van der Waals surface area contributed by atoms with Crippen molar-refractivity contribution in [1.82, 2.24) is 10.3 Å². The Kier molecular flexibility index (Phi) is 4.39. The molecular formula is C14H18N2O2S. The van der Waals surface area contributed by atoms with E-state index in [-0.39, 0.29) is 6.04 Å². The van der Waals surface area contributed by atoms with Crippen LogP contribution in [-0.2, 0) is 0 Å². The molecule has 19 heavy (non-hydrogen) atoms. The molecule has 0 aliphatic heterocycles. The topological polar surface area (TPSA) is 43.4 Å². The molecule has 2 rings (SSSR count). The number of rotatable bonds is 5. The molecule has 0 radical (unpaired) electrons. The van der Waals surface area contributed by atoms with Gasteiger partial charge in [0.2, 0.25) is 0 Å². The fourth-order valence-corrected chi connectivity index (χ4v) is 2.65. The van der Waals surface area contributed by atoms with Gasteiger partial charge in [-0.15, -0.1) is 11.3 Å². The van der Waals surface area contributed by atoms with Gasteiger partial charge >= 0.3 is 0 Å². The molecule has 1 aromatic heterocycles. The molecule has 1 atom stereocenters. The third-order valence-electron chi connectivity index (χ3n) is 3.03. The number of ether oxygens (including phenoxy) is 2. The molecule has 0 bridgehead atoms. The van der Waals surface area contributed by atoms with Crippen LogP contribution in [0.1, 0.15) is 18.7 Å². The summed E-state index contributed by atoms with van der Waals surface area (Å²) in [6.45, 7) is 2.09. The van der Waals surface area contributed by atoms with Crippen molar-refractivity contribution in [3.8, 4) is 22.1 Å². The predicted octanol–water partition coefficient (Wildman–Crippen LogP) is 3.11. The molecule has 1 aromatic carbocycles. The van der Waals surface area contributed by atoms with Gasteiger partial charge in [0.1, 0.15) is 5.01 Å². The Morgan fingerprint density at radius 1 is 1.21 bits per heavy atom. The number of nitrogens with zero attached hydrogens (tertiary/aromatic N) is 1. The van der Waals surface area contributed by atoms with E-state index in [0.717, 1.165) is 27.8 Å². The predicted molar refractivity (Wildman–Crippen MR) is 78.1 cm³/mol. The maximum Gasteiger partial charge on any atom is 0.161 e. The summed E-state index contributed by atoms with van der Waals surface area (Å²) in [6, 6.07) is 6.10. The summed E-state index contributed by atoms with van der Waals surface area (Å²) in [5, 5.41) is 6.25. The Bertz CT molecular complexity index is 554. The van der Waals surface area contributed by atoms with Crippen LogP contribution in [0.5, 0.6) is 11.5 Å². The lowest BCUT2D eigenvalue weighted by molar-refractivity contribution is 0.355. The Morgan fingerprint density at radius 2 is 1.95 bits per heavy atom. The Balaban J connectivity index is 2.34. The van der Waals surface area contributed by atoms with E-state index in [0.29, 0.717) is 0 Å². The van der Waals surface area contributed by atoms with E-state index in [4.69, 9.17) is 9.47 Å². The second kappa shape index (κ2) is 6.04. The van der Waals surface area contributed by atoms with E-state index in [9.17, 15) is 0 Å². The van der Waals surface area contributed by atoms with Crippen LogP contribution in [0.15, 0.2) is 23.6 Å². The SMILES string of the molecule is CNC(C)c1csc(-c2ccc(OC)c(OC)c2)n1. The third-order valence-corrected chi connectivity index (χ3v) is 3.94. The first-order chi connectivity index (χ1) is 9.19. The molecule has 0 amide bonds. The van der Waals surface area contributed by atoms with Gasteiger partial charge in [-0.05, 0) is 32.2 Å². The Hall–Kier alpha value is -1.59. The second-order valence-electron chi connectivity index (χ2n) is 4.16. The highest BCUT2D eigenvalue weighted by Gasteiger charge is 2.11. The Labute approximate surface area is 117 Å². The molecule has 0 spiro atoms. The van der Waals surface area contributed by atoms with Gasteiger partial charge in [-0.25, -0.2) is 4.98 Å². The lowest BCUT2D eigenvalue weighted by Gasteiger charge is -2.08. The fourth-order valence-electron chi connectivity index (χ4n) is 1.73. The highest BCUT2D eigenvalue weighted by molar-refractivity contribution is 7.13. The van der Waals surface area contributed by atoms with Gasteiger partial charge in [-0.2, -0.15) is 0 Å². The molecule has 4 nitrogen and oxygen atoms in total. The van der Waals surface area contributed by atoms with Crippen molar-refractivity contribution in [2.45, 2.75) is 13.0 Å². The van der Waals surface area contributed by atoms with Crippen LogP contribution in [0, 0.1) is 0 Å². The van der Waals surface area contributed by atoms with E-state index in [1.54, 1.807) is 25.6 Å². The van der Waals surface area contributed by atoms with Crippen molar-refractivity contribution in [1.29, 1.82) is 0 Å². The van der Waals surface area contributed by atoms with E-state index >= 15 is 0 Å². The summed E-state index contributed by atoms with van der Waals surface area (Å²) in [5.74, 6) is 1.45. The number of thiazole rings is 1. The van der Waals surface area contributed by atoms with Gasteiger partial charge < -0.3 is 14.8 Å². The van der Waals surface area contributed by atoms with Gasteiger partial charge in [0, 0.05) is 17.0 Å². The van der Waals surface area contributed by atoms with E-state index < -0.39 is 0 Å². The maximum atomic E-state index is 5.31. The summed E-state index contributed by atoms with van der Waals surface area (Å²) >= 11 is 1.63. The van der Waals surface area contributed by atoms with Crippen molar-refractivity contribution in [3.05, 3.63) is 29.3 Å². The normalized spacial score (nSPS) is 12.2. The zero-order valence-electron chi connectivity index (χ0n) is 11.6. The first-order valence-corrected chi connectivity index (χ1v) is 6.92. The van der Waals surface area contributed by atoms with E-state index in [2.05, 4.69) is 22.6 Å². The highest BCUT2D eigenvalue weighted by atomic mass is 32.1. The number of benzene rings is 1. The minimum absolute atomic E-state index is 0.255. The van der Waals surface area contributed by atoms with E-state index in [1.807, 2.05) is 25.2 Å². The van der Waals surface area contributed by atoms with Gasteiger partial charge in [-0.3, -0.25) is 0 Å². The number of aromatic nitrogens is 1. The van der Waals surface area contributed by atoms with Crippen LogP contribution in [0.2, 0.25) is 0 Å². The molecule has 1 unspecified atom stereocenters. The van der Waals surface area contributed by atoms with Crippen molar-refractivity contribution in [2.75, 3.05) is 21.3 Å². The van der Waals surface area contributed by atoms with Crippen LogP contribution in [0.25, 0.3) is 10.6 Å². The molecule has 1 heterocycles. The van der Waals surface area contributed by atoms with Crippen molar-refractivity contribution >= 4 is 11.3 Å². The molecule has 2 aromatic rings. The molecule has 0 aliphatic rings. The van der Waals surface area contributed by atoms with Crippen molar-refractivity contribution in [3.63, 3.8) is 0 Å². The quantitative estimate of drug-likeness (QED) is 0.912. The zero-order valence-corrected chi connectivity index (χ0v) is 12.4. The molecule has 0 fully saturated rings. The monoisotopic (exact) mass is 278 g/mol. The van der Waals surface area contributed by atoms with Crippen LogP contribution in [-0.4, -0.2) is 26.3 Å². The van der Waals surface area contributed by atoms with E-state index in [1.165, 1.54) is 0 Å². The molecule has 0 saturated heterocycles. The molecule has 0 aliphatic carbocycles. The molecule has 1 N–H and O–H groups in total. The first-order valence-electron chi connectivity index (χ1n) is 6.04. The molecular weight excluding hydrogens is 260 g/mol. The third kappa shape index (κ3) is 2.88. The van der Waals surface area contributed by atoms with Crippen molar-refractivity contribution < 1.29 is 9.47 Å². The molecule has 0 saturated carbocycles. The number of hydrogen-bond donors (Lipinski definition) is 1. The van der Waals surface area contributed by atoms with Gasteiger partial charge in [0.05, 0.1) is 19.9 Å². The lowest BCUT2D eigenvalue weighted by atomic mass is 10.2. The largest absolute Gasteiger partial charge is 0.493 e. The van der Waals surface area contributed by atoms with Gasteiger partial charge in [0.15, 0.2) is 11.5 Å². The second-order valence-corrected chi connectivity index (χ2v) is 5.02. The summed E-state index contributed by atoms with van der Waals surface area (Å²) in [7, 11) is 5.20. The minimum Gasteiger partial charge on any atom is -0.493 e. The van der Waals surface area contributed by atoms with Crippen molar-refractivity contribution in [2.24, 2.45) is 0 Å². The molecule has 102 valence electrons. The minimum atomic E-state index is 0.255. The van der Waals surface area contributed by atoms with Gasteiger partial charge in [-0.1, -0.05) is 0 Å². The Morgan fingerprint density at radius 3 is 2.58 bits per heavy atom. The molecule has 5 heteroatoms. The average Bonchev–Trinajstić information content (AvgIpc) is 2.95. The first kappa shape index (κ1) is 13.8. The zero-order chi connectivity index (χ0) is 13.8. The van der Waals surface area contributed by atoms with Crippen LogP contribution < -0.4 is 14.8 Å². The summed E-state index contributed by atoms with van der Waals surface area (Å²) in [5.41, 5.74) is 2.09. The van der Waals surface area contributed by atoms with Crippen LogP contribution in [0.3, 0.4) is 0 Å². The number of methoxy groups -OCH3 is 2. The smallest absolute Gasteiger partial charge is 0.161 e. The highest BCUT2D eigenvalue weighted by Crippen LogP contribution is 2.34. The maximum absolute atomic E-state index is 5.31. The number of nitrogens with one attached hydrogen (secondary N) is 1. The van der Waals surface area contributed by atoms with Crippen LogP contribution >= 0.6 is 11.3 Å². The summed E-state index contributed by atoms with van der Waals surface area (Å²) in [6.07, 6.45) is 0. The number of hydrogen-bond acceptors (Lipinski definition) is 5. The summed E-state index contributed by atoms with van der Waals surface area (Å²) < 4.78 is 10.5. The lowest BCUT2D eigenvalue weighted by Crippen LogP contribution is -2.12. The fraction of sp³-hybridized carbons (Fsp3) is 0.357. The van der Waals surface area contributed by atoms with Gasteiger partial charge in [0.25, 0.3) is 0 Å². The summed E-state index contributed by atoms with van der Waals surface area (Å²) in [4.78, 5) is 4.64. The standard InChI is InChI=1S/C14H18N2O2S/c1-9(15-2)11-8-19-14(16-11)10-5-6-12(17-3)13(7-10)18-4/h5-9,15H,1-4H3.